The number of hydrogen-bond acceptors (Lipinski definition) is 6. The second-order valence-corrected chi connectivity index (χ2v) is 5.98. The summed E-state index contributed by atoms with van der Waals surface area (Å²) in [5, 5.41) is 10.7. The molecule has 0 bridgehead atoms. The van der Waals surface area contributed by atoms with Gasteiger partial charge in [-0.05, 0) is 19.3 Å². The van der Waals surface area contributed by atoms with Gasteiger partial charge in [-0.25, -0.2) is 10.8 Å². The molecular weight excluding hydrogens is 270 g/mol. The van der Waals surface area contributed by atoms with Gasteiger partial charge >= 0.3 is 0 Å². The van der Waals surface area contributed by atoms with Crippen LogP contribution in [0.2, 0.25) is 0 Å². The molecule has 0 spiro atoms. The second kappa shape index (κ2) is 5.57. The van der Waals surface area contributed by atoms with E-state index in [2.05, 4.69) is 15.4 Å². The summed E-state index contributed by atoms with van der Waals surface area (Å²) in [5.74, 6) is 5.69. The molecule has 4 N–H and O–H groups in total. The van der Waals surface area contributed by atoms with Crippen LogP contribution in [0.5, 0.6) is 0 Å². The largest absolute Gasteiger partial charge is 0.389 e. The van der Waals surface area contributed by atoms with Gasteiger partial charge in [0.05, 0.1) is 18.0 Å². The van der Waals surface area contributed by atoms with Crippen molar-refractivity contribution in [3.63, 3.8) is 0 Å². The molecule has 0 aromatic carbocycles. The number of carbonyl (C=O) groups is 1. The molecule has 1 aliphatic carbocycles. The van der Waals surface area contributed by atoms with Crippen molar-refractivity contribution < 1.29 is 9.90 Å². The Morgan fingerprint density at radius 3 is 3.10 bits per heavy atom. The molecule has 7 nitrogen and oxygen atoms in total. The molecule has 1 aromatic rings. The third kappa shape index (κ3) is 2.71. The van der Waals surface area contributed by atoms with E-state index < -0.39 is 5.60 Å². The van der Waals surface area contributed by atoms with Gasteiger partial charge in [-0.2, -0.15) is 0 Å². The predicted octanol–water partition coefficient (Wildman–Crippen LogP) is 0.529. The van der Waals surface area contributed by atoms with Crippen LogP contribution >= 0.6 is 0 Å². The lowest BCUT2D eigenvalue weighted by Gasteiger charge is -2.47. The number of aromatic nitrogens is 2. The number of anilines is 1. The first-order valence-corrected chi connectivity index (χ1v) is 7.43. The number of amides is 1. The predicted molar refractivity (Wildman–Crippen MR) is 77.3 cm³/mol. The van der Waals surface area contributed by atoms with Crippen molar-refractivity contribution in [1.29, 1.82) is 0 Å². The standard InChI is InChI=1S/C14H21N5O2/c15-18-12-8-16-7-11(17-12)13(20)19-6-5-14(21)4-2-1-3-10(14)9-19/h7-8,10,21H,1-6,9,15H2,(H,17,18). The van der Waals surface area contributed by atoms with E-state index in [-0.39, 0.29) is 17.5 Å². The topological polar surface area (TPSA) is 104 Å². The van der Waals surface area contributed by atoms with Crippen molar-refractivity contribution in [2.45, 2.75) is 37.7 Å². The van der Waals surface area contributed by atoms with Gasteiger partial charge < -0.3 is 15.4 Å². The summed E-state index contributed by atoms with van der Waals surface area (Å²) in [7, 11) is 0. The summed E-state index contributed by atoms with van der Waals surface area (Å²) < 4.78 is 0. The zero-order chi connectivity index (χ0) is 14.9. The van der Waals surface area contributed by atoms with Gasteiger partial charge in [-0.15, -0.1) is 0 Å². The Labute approximate surface area is 123 Å². The van der Waals surface area contributed by atoms with Crippen molar-refractivity contribution in [3.05, 3.63) is 18.1 Å². The van der Waals surface area contributed by atoms with Crippen LogP contribution in [0.3, 0.4) is 0 Å². The third-order valence-corrected chi connectivity index (χ3v) is 4.72. The number of likely N-dealkylation sites (tertiary alicyclic amines) is 1. The average molecular weight is 291 g/mol. The van der Waals surface area contributed by atoms with E-state index >= 15 is 0 Å². The maximum Gasteiger partial charge on any atom is 0.274 e. The number of nitrogens with two attached hydrogens (primary N) is 1. The van der Waals surface area contributed by atoms with Gasteiger partial charge in [0, 0.05) is 19.0 Å². The van der Waals surface area contributed by atoms with Crippen molar-refractivity contribution in [3.8, 4) is 0 Å². The van der Waals surface area contributed by atoms with Crippen LogP contribution in [0.4, 0.5) is 5.82 Å². The highest BCUT2D eigenvalue weighted by Gasteiger charge is 2.43. The number of hydrogen-bond donors (Lipinski definition) is 3. The molecule has 1 aromatic heterocycles. The number of nitrogens with zero attached hydrogens (tertiary/aromatic N) is 3. The lowest BCUT2D eigenvalue weighted by molar-refractivity contribution is -0.0886. The van der Waals surface area contributed by atoms with Crippen molar-refractivity contribution in [1.82, 2.24) is 14.9 Å². The summed E-state index contributed by atoms with van der Waals surface area (Å²) >= 11 is 0. The summed E-state index contributed by atoms with van der Waals surface area (Å²) in [6.45, 7) is 1.16. The highest BCUT2D eigenvalue weighted by Crippen LogP contribution is 2.39. The molecule has 0 radical (unpaired) electrons. The number of aliphatic hydroxyl groups is 1. The Morgan fingerprint density at radius 2 is 2.29 bits per heavy atom. The van der Waals surface area contributed by atoms with Crippen LogP contribution in [0.25, 0.3) is 0 Å². The van der Waals surface area contributed by atoms with E-state index in [1.807, 2.05) is 0 Å². The van der Waals surface area contributed by atoms with Gasteiger partial charge in [0.2, 0.25) is 0 Å². The zero-order valence-electron chi connectivity index (χ0n) is 12.0. The molecule has 1 amide bonds. The van der Waals surface area contributed by atoms with Gasteiger partial charge in [0.25, 0.3) is 5.91 Å². The number of nitrogens with one attached hydrogen (secondary N) is 1. The smallest absolute Gasteiger partial charge is 0.274 e. The lowest BCUT2D eigenvalue weighted by atomic mass is 9.71. The lowest BCUT2D eigenvalue weighted by Crippen LogP contribution is -2.54. The molecule has 21 heavy (non-hydrogen) atoms. The number of piperidine rings is 1. The van der Waals surface area contributed by atoms with Crippen LogP contribution in [-0.2, 0) is 0 Å². The third-order valence-electron chi connectivity index (χ3n) is 4.72. The zero-order valence-corrected chi connectivity index (χ0v) is 12.0. The summed E-state index contributed by atoms with van der Waals surface area (Å²) in [4.78, 5) is 22.4. The molecule has 7 heteroatoms. The van der Waals surface area contributed by atoms with E-state index in [1.54, 1.807) is 4.90 Å². The number of rotatable bonds is 2. The summed E-state index contributed by atoms with van der Waals surface area (Å²) in [6, 6.07) is 0. The molecule has 1 aliphatic heterocycles. The van der Waals surface area contributed by atoms with Crippen LogP contribution in [0.15, 0.2) is 12.4 Å². The quantitative estimate of drug-likeness (QED) is 0.542. The SMILES string of the molecule is NNc1cncc(C(=O)N2CCC3(O)CCCCC3C2)n1. The molecular formula is C14H21N5O2. The Balaban J connectivity index is 1.74. The number of hydrazine groups is 1. The number of nitrogen functional groups attached to an aromatic ring is 1. The fourth-order valence-electron chi connectivity index (χ4n) is 3.46. The maximum atomic E-state index is 12.5. The minimum Gasteiger partial charge on any atom is -0.389 e. The molecule has 2 unspecified atom stereocenters. The van der Waals surface area contributed by atoms with Gasteiger partial charge in [-0.1, -0.05) is 12.8 Å². The Bertz CT molecular complexity index is 538. The summed E-state index contributed by atoms with van der Waals surface area (Å²) in [6.07, 6.45) is 7.60. The first kappa shape index (κ1) is 14.2. The van der Waals surface area contributed by atoms with Crippen molar-refractivity contribution in [2.75, 3.05) is 18.5 Å². The maximum absolute atomic E-state index is 12.5. The van der Waals surface area contributed by atoms with Crippen LogP contribution < -0.4 is 11.3 Å². The van der Waals surface area contributed by atoms with E-state index in [4.69, 9.17) is 5.84 Å². The Hall–Kier alpha value is -1.73. The van der Waals surface area contributed by atoms with E-state index in [0.717, 1.165) is 25.7 Å². The Morgan fingerprint density at radius 1 is 1.43 bits per heavy atom. The van der Waals surface area contributed by atoms with E-state index in [1.165, 1.54) is 12.4 Å². The minimum atomic E-state index is -0.582. The number of fused-ring (bicyclic) bond motifs is 1. The van der Waals surface area contributed by atoms with Crippen LogP contribution in [0.1, 0.15) is 42.6 Å². The highest BCUT2D eigenvalue weighted by atomic mass is 16.3. The molecule has 1 saturated carbocycles. The molecule has 2 heterocycles. The van der Waals surface area contributed by atoms with Crippen LogP contribution in [0, 0.1) is 5.92 Å². The molecule has 2 fully saturated rings. The molecule has 1 saturated heterocycles. The second-order valence-electron chi connectivity index (χ2n) is 5.98. The molecule has 3 rings (SSSR count). The first-order valence-electron chi connectivity index (χ1n) is 7.43. The van der Waals surface area contributed by atoms with Crippen LogP contribution in [-0.4, -0.2) is 44.6 Å². The number of carbonyl (C=O) groups excluding carboxylic acids is 1. The monoisotopic (exact) mass is 291 g/mol. The minimum absolute atomic E-state index is 0.146. The normalized spacial score (nSPS) is 28.9. The van der Waals surface area contributed by atoms with Crippen molar-refractivity contribution >= 4 is 11.7 Å². The molecule has 114 valence electrons. The molecule has 2 atom stereocenters. The summed E-state index contributed by atoms with van der Waals surface area (Å²) in [5.41, 5.74) is 2.09. The fourth-order valence-corrected chi connectivity index (χ4v) is 3.46. The average Bonchev–Trinajstić information content (AvgIpc) is 2.53. The highest BCUT2D eigenvalue weighted by molar-refractivity contribution is 5.92. The first-order chi connectivity index (χ1) is 10.1. The fraction of sp³-hybridized carbons (Fsp3) is 0.643. The van der Waals surface area contributed by atoms with Gasteiger partial charge in [0.15, 0.2) is 5.82 Å². The Kier molecular flexibility index (Phi) is 3.77. The van der Waals surface area contributed by atoms with E-state index in [9.17, 15) is 9.90 Å². The van der Waals surface area contributed by atoms with E-state index in [0.29, 0.717) is 25.3 Å². The van der Waals surface area contributed by atoms with Gasteiger partial charge in [-0.3, -0.25) is 9.78 Å². The van der Waals surface area contributed by atoms with Gasteiger partial charge in [0.1, 0.15) is 5.69 Å². The van der Waals surface area contributed by atoms with Crippen molar-refractivity contribution in [2.24, 2.45) is 11.8 Å². The molecule has 2 aliphatic rings.